The van der Waals surface area contributed by atoms with Crippen LogP contribution in [0.3, 0.4) is 0 Å². The van der Waals surface area contributed by atoms with Gasteiger partial charge in [-0.3, -0.25) is 0 Å². The minimum absolute atomic E-state index is 0.0293. The molecule has 19 heavy (non-hydrogen) atoms. The van der Waals surface area contributed by atoms with Crippen molar-refractivity contribution in [2.24, 2.45) is 5.92 Å². The van der Waals surface area contributed by atoms with Gasteiger partial charge in [0, 0.05) is 0 Å². The molecule has 0 amide bonds. The molecule has 0 saturated carbocycles. The Morgan fingerprint density at radius 2 is 2.26 bits per heavy atom. The Labute approximate surface area is 118 Å². The van der Waals surface area contributed by atoms with Crippen molar-refractivity contribution in [3.63, 3.8) is 0 Å². The molecule has 106 valence electrons. The summed E-state index contributed by atoms with van der Waals surface area (Å²) in [5, 5.41) is 10.7. The zero-order valence-electron chi connectivity index (χ0n) is 10.7. The minimum Gasteiger partial charge on any atom is -0.495 e. The minimum atomic E-state index is -2.90. The molecule has 1 aromatic carbocycles. The van der Waals surface area contributed by atoms with Crippen molar-refractivity contribution in [2.75, 3.05) is 18.6 Å². The third kappa shape index (κ3) is 3.61. The lowest BCUT2D eigenvalue weighted by Gasteiger charge is -2.16. The van der Waals surface area contributed by atoms with E-state index in [1.54, 1.807) is 18.2 Å². The fraction of sp³-hybridized carbons (Fsp3) is 0.538. The van der Waals surface area contributed by atoms with Crippen LogP contribution in [-0.2, 0) is 9.84 Å². The Morgan fingerprint density at radius 3 is 2.84 bits per heavy atom. The van der Waals surface area contributed by atoms with E-state index >= 15 is 0 Å². The quantitative estimate of drug-likeness (QED) is 0.926. The van der Waals surface area contributed by atoms with Gasteiger partial charge in [-0.05, 0) is 36.5 Å². The molecule has 6 heteroatoms. The highest BCUT2D eigenvalue weighted by atomic mass is 35.5. The Bertz CT molecular complexity index is 556. The van der Waals surface area contributed by atoms with E-state index in [-0.39, 0.29) is 17.4 Å². The van der Waals surface area contributed by atoms with Crippen molar-refractivity contribution < 1.29 is 18.3 Å². The van der Waals surface area contributed by atoms with E-state index < -0.39 is 15.9 Å². The van der Waals surface area contributed by atoms with Crippen LogP contribution in [0.15, 0.2) is 18.2 Å². The van der Waals surface area contributed by atoms with Gasteiger partial charge < -0.3 is 9.84 Å². The maximum atomic E-state index is 11.4. The van der Waals surface area contributed by atoms with Gasteiger partial charge in [0.05, 0.1) is 29.7 Å². The van der Waals surface area contributed by atoms with Crippen molar-refractivity contribution in [1.29, 1.82) is 0 Å². The molecule has 1 saturated heterocycles. The summed E-state index contributed by atoms with van der Waals surface area (Å²) in [7, 11) is -1.38. The molecular formula is C13H17ClO4S. The van der Waals surface area contributed by atoms with E-state index in [9.17, 15) is 13.5 Å². The van der Waals surface area contributed by atoms with Gasteiger partial charge in [-0.1, -0.05) is 17.7 Å². The Balaban J connectivity index is 2.06. The molecule has 4 nitrogen and oxygen atoms in total. The highest BCUT2D eigenvalue weighted by Crippen LogP contribution is 2.32. The Hall–Kier alpha value is -0.780. The van der Waals surface area contributed by atoms with Crippen LogP contribution in [0.25, 0.3) is 0 Å². The third-order valence-electron chi connectivity index (χ3n) is 3.44. The predicted molar refractivity (Wildman–Crippen MR) is 74.3 cm³/mol. The van der Waals surface area contributed by atoms with E-state index in [0.717, 1.165) is 0 Å². The van der Waals surface area contributed by atoms with Crippen molar-refractivity contribution >= 4 is 21.4 Å². The zero-order valence-corrected chi connectivity index (χ0v) is 12.2. The van der Waals surface area contributed by atoms with Crippen LogP contribution in [0.5, 0.6) is 5.75 Å². The summed E-state index contributed by atoms with van der Waals surface area (Å²) in [6, 6.07) is 5.10. The number of hydrogen-bond acceptors (Lipinski definition) is 4. The highest BCUT2D eigenvalue weighted by molar-refractivity contribution is 7.91. The van der Waals surface area contributed by atoms with Crippen LogP contribution in [0.4, 0.5) is 0 Å². The summed E-state index contributed by atoms with van der Waals surface area (Å²) in [6.45, 7) is 0. The van der Waals surface area contributed by atoms with E-state index in [0.29, 0.717) is 29.2 Å². The first kappa shape index (κ1) is 14.6. The van der Waals surface area contributed by atoms with Gasteiger partial charge in [-0.2, -0.15) is 0 Å². The summed E-state index contributed by atoms with van der Waals surface area (Å²) in [4.78, 5) is 0. The molecule has 1 aromatic rings. The molecule has 2 atom stereocenters. The van der Waals surface area contributed by atoms with Crippen molar-refractivity contribution in [3.8, 4) is 5.75 Å². The molecule has 0 spiro atoms. The number of rotatable bonds is 4. The number of methoxy groups -OCH3 is 1. The standard InChI is InChI=1S/C13H17ClO4S/c1-18-13-7-10(2-3-11(13)14)12(15)6-9-4-5-19(16,17)8-9/h2-3,7,9,12,15H,4-6,8H2,1H3. The molecule has 0 aliphatic carbocycles. The Morgan fingerprint density at radius 1 is 1.53 bits per heavy atom. The lowest BCUT2D eigenvalue weighted by Crippen LogP contribution is -2.09. The monoisotopic (exact) mass is 304 g/mol. The summed E-state index contributed by atoms with van der Waals surface area (Å²) in [6.07, 6.45) is 0.387. The topological polar surface area (TPSA) is 63.6 Å². The SMILES string of the molecule is COc1cc(C(O)CC2CCS(=O)(=O)C2)ccc1Cl. The second kappa shape index (κ2) is 5.69. The molecule has 1 N–H and O–H groups in total. The van der Waals surface area contributed by atoms with Crippen LogP contribution >= 0.6 is 11.6 Å². The van der Waals surface area contributed by atoms with Gasteiger partial charge >= 0.3 is 0 Å². The van der Waals surface area contributed by atoms with Crippen LogP contribution < -0.4 is 4.74 Å². The van der Waals surface area contributed by atoms with E-state index in [1.807, 2.05) is 0 Å². The number of halogens is 1. The number of sulfone groups is 1. The predicted octanol–water partition coefficient (Wildman–Crippen LogP) is 2.21. The second-order valence-electron chi connectivity index (χ2n) is 4.91. The highest BCUT2D eigenvalue weighted by Gasteiger charge is 2.29. The van der Waals surface area contributed by atoms with Gasteiger partial charge in [-0.15, -0.1) is 0 Å². The lowest BCUT2D eigenvalue weighted by atomic mass is 9.96. The fourth-order valence-corrected chi connectivity index (χ4v) is 4.47. The molecule has 2 rings (SSSR count). The Kier molecular flexibility index (Phi) is 4.38. The van der Waals surface area contributed by atoms with E-state index in [4.69, 9.17) is 16.3 Å². The molecule has 1 aliphatic heterocycles. The number of aliphatic hydroxyl groups excluding tert-OH is 1. The molecule has 1 aliphatic rings. The van der Waals surface area contributed by atoms with Gasteiger partial charge in [-0.25, -0.2) is 8.42 Å². The first-order chi connectivity index (χ1) is 8.91. The average Bonchev–Trinajstić information content (AvgIpc) is 2.69. The lowest BCUT2D eigenvalue weighted by molar-refractivity contribution is 0.148. The van der Waals surface area contributed by atoms with Crippen LogP contribution in [0, 0.1) is 5.92 Å². The van der Waals surface area contributed by atoms with Crippen molar-refractivity contribution in [3.05, 3.63) is 28.8 Å². The van der Waals surface area contributed by atoms with Crippen LogP contribution in [-0.4, -0.2) is 32.1 Å². The summed E-state index contributed by atoms with van der Waals surface area (Å²) >= 11 is 5.92. The molecule has 0 radical (unpaired) electrons. The summed E-state index contributed by atoms with van der Waals surface area (Å²) in [5.74, 6) is 0.947. The maximum Gasteiger partial charge on any atom is 0.150 e. The van der Waals surface area contributed by atoms with Gasteiger partial charge in [0.25, 0.3) is 0 Å². The van der Waals surface area contributed by atoms with Crippen molar-refractivity contribution in [2.45, 2.75) is 18.9 Å². The third-order valence-corrected chi connectivity index (χ3v) is 5.59. The second-order valence-corrected chi connectivity index (χ2v) is 7.55. The zero-order chi connectivity index (χ0) is 14.0. The van der Waals surface area contributed by atoms with Crippen LogP contribution in [0.2, 0.25) is 5.02 Å². The molecule has 0 bridgehead atoms. The van der Waals surface area contributed by atoms with Gasteiger partial charge in [0.1, 0.15) is 5.75 Å². The number of ether oxygens (including phenoxy) is 1. The normalized spacial score (nSPS) is 23.2. The number of benzene rings is 1. The number of hydrogen-bond donors (Lipinski definition) is 1. The largest absolute Gasteiger partial charge is 0.495 e. The first-order valence-electron chi connectivity index (χ1n) is 6.13. The van der Waals surface area contributed by atoms with E-state index in [2.05, 4.69) is 0 Å². The molecule has 1 heterocycles. The smallest absolute Gasteiger partial charge is 0.150 e. The maximum absolute atomic E-state index is 11.4. The van der Waals surface area contributed by atoms with Gasteiger partial charge in [0.15, 0.2) is 9.84 Å². The molecular weight excluding hydrogens is 288 g/mol. The summed E-state index contributed by atoms with van der Waals surface area (Å²) < 4.78 is 27.9. The molecule has 0 aromatic heterocycles. The van der Waals surface area contributed by atoms with Crippen molar-refractivity contribution in [1.82, 2.24) is 0 Å². The first-order valence-corrected chi connectivity index (χ1v) is 8.33. The summed E-state index contributed by atoms with van der Waals surface area (Å²) in [5.41, 5.74) is 0.700. The number of aliphatic hydroxyl groups is 1. The fourth-order valence-electron chi connectivity index (χ4n) is 2.39. The molecule has 1 fully saturated rings. The van der Waals surface area contributed by atoms with Gasteiger partial charge in [0.2, 0.25) is 0 Å². The average molecular weight is 305 g/mol. The molecule has 2 unspecified atom stereocenters. The van der Waals surface area contributed by atoms with Crippen LogP contribution in [0.1, 0.15) is 24.5 Å². The van der Waals surface area contributed by atoms with E-state index in [1.165, 1.54) is 7.11 Å².